The third-order valence-electron chi connectivity index (χ3n) is 3.40. The Balaban J connectivity index is 1.91. The lowest BCUT2D eigenvalue weighted by atomic mass is 10.0. The van der Waals surface area contributed by atoms with Gasteiger partial charge in [-0.2, -0.15) is 0 Å². The standard InChI is InChI=1S/C16H18O3/c1-3-8-19-13-6-4-12(5-7-13)15(17)10-16(18)14-9-11(14)2/h3-7,11,14H,1,8-10H2,2H3/t11-,14-/m1/s1. The first-order chi connectivity index (χ1) is 9.11. The maximum absolute atomic E-state index is 11.9. The molecule has 0 unspecified atom stereocenters. The van der Waals surface area contributed by atoms with Crippen molar-refractivity contribution in [3.05, 3.63) is 42.5 Å². The lowest BCUT2D eigenvalue weighted by molar-refractivity contribution is -0.119. The third-order valence-corrected chi connectivity index (χ3v) is 3.40. The summed E-state index contributed by atoms with van der Waals surface area (Å²) in [7, 11) is 0. The van der Waals surface area contributed by atoms with Crippen molar-refractivity contribution in [1.82, 2.24) is 0 Å². The predicted molar refractivity (Wildman–Crippen MR) is 73.4 cm³/mol. The number of carbonyl (C=O) groups is 2. The Bertz CT molecular complexity index is 487. The molecule has 0 N–H and O–H groups in total. The van der Waals surface area contributed by atoms with Crippen molar-refractivity contribution in [2.75, 3.05) is 6.61 Å². The Labute approximate surface area is 113 Å². The molecular formula is C16H18O3. The second kappa shape index (κ2) is 5.83. The molecule has 1 saturated carbocycles. The summed E-state index contributed by atoms with van der Waals surface area (Å²) in [6.45, 7) is 6.04. The fraction of sp³-hybridized carbons (Fsp3) is 0.375. The molecule has 3 heteroatoms. The van der Waals surface area contributed by atoms with E-state index in [1.165, 1.54) is 0 Å². The summed E-state index contributed by atoms with van der Waals surface area (Å²) < 4.78 is 5.34. The minimum Gasteiger partial charge on any atom is -0.490 e. The first-order valence-electron chi connectivity index (χ1n) is 6.51. The zero-order valence-corrected chi connectivity index (χ0v) is 11.1. The smallest absolute Gasteiger partial charge is 0.170 e. The van der Waals surface area contributed by atoms with Crippen molar-refractivity contribution in [3.63, 3.8) is 0 Å². The normalized spacial score (nSPS) is 20.7. The Kier molecular flexibility index (Phi) is 4.15. The molecule has 0 aliphatic heterocycles. The molecule has 0 radical (unpaired) electrons. The lowest BCUT2D eigenvalue weighted by Gasteiger charge is -2.04. The number of hydrogen-bond acceptors (Lipinski definition) is 3. The molecule has 1 aromatic carbocycles. The Morgan fingerprint density at radius 1 is 1.37 bits per heavy atom. The van der Waals surface area contributed by atoms with Gasteiger partial charge in [0.05, 0.1) is 6.42 Å². The largest absolute Gasteiger partial charge is 0.490 e. The molecule has 1 aromatic rings. The molecule has 0 amide bonds. The highest BCUT2D eigenvalue weighted by Crippen LogP contribution is 2.39. The zero-order chi connectivity index (χ0) is 13.8. The van der Waals surface area contributed by atoms with Gasteiger partial charge in [0.25, 0.3) is 0 Å². The maximum atomic E-state index is 11.9. The average Bonchev–Trinajstić information content (AvgIpc) is 3.14. The molecule has 0 heterocycles. The van der Waals surface area contributed by atoms with Gasteiger partial charge in [-0.15, -0.1) is 0 Å². The van der Waals surface area contributed by atoms with Crippen LogP contribution >= 0.6 is 0 Å². The first-order valence-corrected chi connectivity index (χ1v) is 6.51. The molecule has 19 heavy (non-hydrogen) atoms. The highest BCUT2D eigenvalue weighted by molar-refractivity contribution is 6.09. The molecule has 2 rings (SSSR count). The van der Waals surface area contributed by atoms with Gasteiger partial charge in [0.2, 0.25) is 0 Å². The molecule has 0 bridgehead atoms. The van der Waals surface area contributed by atoms with Crippen molar-refractivity contribution in [3.8, 4) is 5.75 Å². The summed E-state index contributed by atoms with van der Waals surface area (Å²) in [4.78, 5) is 23.7. The Morgan fingerprint density at radius 3 is 2.53 bits per heavy atom. The minimum absolute atomic E-state index is 0.0157. The van der Waals surface area contributed by atoms with Crippen molar-refractivity contribution >= 4 is 11.6 Å². The number of rotatable bonds is 7. The van der Waals surface area contributed by atoms with Gasteiger partial charge < -0.3 is 4.74 Å². The van der Waals surface area contributed by atoms with E-state index < -0.39 is 0 Å². The summed E-state index contributed by atoms with van der Waals surface area (Å²) in [5.74, 6) is 1.22. The average molecular weight is 258 g/mol. The van der Waals surface area contributed by atoms with Crippen LogP contribution in [0, 0.1) is 11.8 Å². The fourth-order valence-corrected chi connectivity index (χ4v) is 2.05. The van der Waals surface area contributed by atoms with Crippen LogP contribution in [-0.4, -0.2) is 18.2 Å². The highest BCUT2D eigenvalue weighted by Gasteiger charge is 2.39. The summed E-state index contributed by atoms with van der Waals surface area (Å²) in [6, 6.07) is 6.87. The van der Waals surface area contributed by atoms with Crippen LogP contribution in [0.1, 0.15) is 30.1 Å². The van der Waals surface area contributed by atoms with E-state index in [1.54, 1.807) is 30.3 Å². The first kappa shape index (κ1) is 13.5. The monoisotopic (exact) mass is 258 g/mol. The van der Waals surface area contributed by atoms with Crippen molar-refractivity contribution in [2.24, 2.45) is 11.8 Å². The van der Waals surface area contributed by atoms with E-state index >= 15 is 0 Å². The third kappa shape index (κ3) is 3.53. The number of ether oxygens (including phenoxy) is 1. The van der Waals surface area contributed by atoms with Crippen LogP contribution in [0.3, 0.4) is 0 Å². The maximum Gasteiger partial charge on any atom is 0.170 e. The molecule has 1 aliphatic carbocycles. The number of benzene rings is 1. The van der Waals surface area contributed by atoms with E-state index in [1.807, 2.05) is 6.92 Å². The van der Waals surface area contributed by atoms with Crippen LogP contribution in [0.15, 0.2) is 36.9 Å². The molecule has 1 aliphatic rings. The fourth-order valence-electron chi connectivity index (χ4n) is 2.05. The predicted octanol–water partition coefficient (Wildman–Crippen LogP) is 3.05. The summed E-state index contributed by atoms with van der Waals surface area (Å²) in [6.07, 6.45) is 2.61. The van der Waals surface area contributed by atoms with Gasteiger partial charge in [-0.05, 0) is 36.6 Å². The van der Waals surface area contributed by atoms with Crippen molar-refractivity contribution in [2.45, 2.75) is 19.8 Å². The van der Waals surface area contributed by atoms with Gasteiger partial charge in [0.15, 0.2) is 5.78 Å². The van der Waals surface area contributed by atoms with Gasteiger partial charge in [-0.3, -0.25) is 9.59 Å². The van der Waals surface area contributed by atoms with Crippen LogP contribution in [0.2, 0.25) is 0 Å². The highest BCUT2D eigenvalue weighted by atomic mass is 16.5. The second-order valence-corrected chi connectivity index (χ2v) is 5.01. The number of carbonyl (C=O) groups excluding carboxylic acids is 2. The zero-order valence-electron chi connectivity index (χ0n) is 11.1. The molecule has 3 nitrogen and oxygen atoms in total. The van der Waals surface area contributed by atoms with E-state index in [9.17, 15) is 9.59 Å². The van der Waals surface area contributed by atoms with Gasteiger partial charge in [0, 0.05) is 11.5 Å². The van der Waals surface area contributed by atoms with Crippen LogP contribution < -0.4 is 4.74 Å². The van der Waals surface area contributed by atoms with Crippen molar-refractivity contribution in [1.29, 1.82) is 0 Å². The summed E-state index contributed by atoms with van der Waals surface area (Å²) in [5.41, 5.74) is 0.563. The molecule has 100 valence electrons. The van der Waals surface area contributed by atoms with Crippen LogP contribution in [0.25, 0.3) is 0 Å². The molecule has 2 atom stereocenters. The number of ketones is 2. The van der Waals surface area contributed by atoms with E-state index in [2.05, 4.69) is 6.58 Å². The molecule has 1 fully saturated rings. The lowest BCUT2D eigenvalue weighted by Crippen LogP contribution is -2.10. The van der Waals surface area contributed by atoms with Gasteiger partial charge in [-0.25, -0.2) is 0 Å². The van der Waals surface area contributed by atoms with Gasteiger partial charge in [-0.1, -0.05) is 19.6 Å². The molecule has 0 saturated heterocycles. The van der Waals surface area contributed by atoms with Crippen LogP contribution in [-0.2, 0) is 4.79 Å². The number of hydrogen-bond donors (Lipinski definition) is 0. The van der Waals surface area contributed by atoms with E-state index in [4.69, 9.17) is 4.74 Å². The van der Waals surface area contributed by atoms with Gasteiger partial charge >= 0.3 is 0 Å². The Morgan fingerprint density at radius 2 is 2.00 bits per heavy atom. The van der Waals surface area contributed by atoms with Crippen LogP contribution in [0.5, 0.6) is 5.75 Å². The SMILES string of the molecule is C=CCOc1ccc(C(=O)CC(=O)[C@@H]2C[C@H]2C)cc1. The van der Waals surface area contributed by atoms with E-state index in [0.717, 1.165) is 6.42 Å². The second-order valence-electron chi connectivity index (χ2n) is 5.01. The summed E-state index contributed by atoms with van der Waals surface area (Å²) in [5, 5.41) is 0. The number of Topliss-reactive ketones (excluding diaryl/α,β-unsaturated/α-hetero) is 2. The van der Waals surface area contributed by atoms with E-state index in [-0.39, 0.29) is 23.9 Å². The van der Waals surface area contributed by atoms with Crippen molar-refractivity contribution < 1.29 is 14.3 Å². The molecule has 0 spiro atoms. The van der Waals surface area contributed by atoms with E-state index in [0.29, 0.717) is 23.8 Å². The molecular weight excluding hydrogens is 240 g/mol. The topological polar surface area (TPSA) is 43.4 Å². The van der Waals surface area contributed by atoms with Gasteiger partial charge in [0.1, 0.15) is 18.1 Å². The summed E-state index contributed by atoms with van der Waals surface area (Å²) >= 11 is 0. The molecule has 0 aromatic heterocycles. The Hall–Kier alpha value is -1.90. The van der Waals surface area contributed by atoms with Crippen LogP contribution in [0.4, 0.5) is 0 Å². The quantitative estimate of drug-likeness (QED) is 0.429. The minimum atomic E-state index is -0.112.